The quantitative estimate of drug-likeness (QED) is 0.908. The van der Waals surface area contributed by atoms with Crippen LogP contribution in [0.25, 0.3) is 0 Å². The normalized spacial score (nSPS) is 9.95. The summed E-state index contributed by atoms with van der Waals surface area (Å²) in [5.74, 6) is -0.0976. The Balaban J connectivity index is 2.18. The van der Waals surface area contributed by atoms with Gasteiger partial charge >= 0.3 is 0 Å². The molecule has 0 unspecified atom stereocenters. The minimum atomic E-state index is -0.0976. The molecule has 3 N–H and O–H groups in total. The van der Waals surface area contributed by atoms with Crippen molar-refractivity contribution in [1.29, 1.82) is 5.26 Å². The molecule has 0 aliphatic carbocycles. The van der Waals surface area contributed by atoms with E-state index in [0.717, 1.165) is 21.0 Å². The highest BCUT2D eigenvalue weighted by atomic mass is 32.2. The van der Waals surface area contributed by atoms with Crippen molar-refractivity contribution < 1.29 is 4.79 Å². The molecule has 0 bridgehead atoms. The van der Waals surface area contributed by atoms with E-state index in [4.69, 9.17) is 5.73 Å². The molecule has 106 valence electrons. The second-order valence-corrected chi connectivity index (χ2v) is 5.57. The first-order valence-electron chi connectivity index (χ1n) is 6.41. The Labute approximate surface area is 128 Å². The molecule has 1 amide bonds. The molecule has 0 radical (unpaired) electrons. The number of carbonyl (C=O) groups excluding carboxylic acids is 1. The topological polar surface area (TPSA) is 78.9 Å². The number of carbonyl (C=O) groups is 1. The number of rotatable bonds is 4. The monoisotopic (exact) mass is 297 g/mol. The molecule has 2 aromatic rings. The maximum atomic E-state index is 11.0. The van der Waals surface area contributed by atoms with Crippen LogP contribution in [0.4, 0.5) is 5.69 Å². The van der Waals surface area contributed by atoms with Gasteiger partial charge in [-0.1, -0.05) is 17.8 Å². The molecule has 0 aliphatic heterocycles. The van der Waals surface area contributed by atoms with Crippen molar-refractivity contribution in [3.63, 3.8) is 0 Å². The number of nitrogens with zero attached hydrogens (tertiary/aromatic N) is 1. The Bertz CT molecular complexity index is 690. The average Bonchev–Trinajstić information content (AvgIpc) is 2.49. The van der Waals surface area contributed by atoms with Crippen LogP contribution in [0, 0.1) is 11.3 Å². The Morgan fingerprint density at radius 3 is 2.57 bits per heavy atom. The van der Waals surface area contributed by atoms with Gasteiger partial charge in [-0.25, -0.2) is 0 Å². The van der Waals surface area contributed by atoms with Gasteiger partial charge < -0.3 is 11.1 Å². The summed E-state index contributed by atoms with van der Waals surface area (Å²) in [6.07, 6.45) is 0. The first-order valence-corrected chi connectivity index (χ1v) is 7.22. The van der Waals surface area contributed by atoms with Gasteiger partial charge in [0.15, 0.2) is 0 Å². The van der Waals surface area contributed by atoms with E-state index in [1.165, 1.54) is 18.7 Å². The van der Waals surface area contributed by atoms with E-state index in [-0.39, 0.29) is 5.91 Å². The fourth-order valence-electron chi connectivity index (χ4n) is 1.82. The molecule has 5 heteroatoms. The van der Waals surface area contributed by atoms with Crippen LogP contribution in [-0.4, -0.2) is 5.91 Å². The van der Waals surface area contributed by atoms with E-state index in [1.807, 2.05) is 42.5 Å². The lowest BCUT2D eigenvalue weighted by Crippen LogP contribution is -2.05. The number of nitrogens with two attached hydrogens (primary N) is 1. The molecule has 0 saturated carbocycles. The zero-order chi connectivity index (χ0) is 15.2. The van der Waals surface area contributed by atoms with Crippen LogP contribution in [0.5, 0.6) is 0 Å². The van der Waals surface area contributed by atoms with Gasteiger partial charge in [-0.05, 0) is 42.0 Å². The maximum absolute atomic E-state index is 11.0. The summed E-state index contributed by atoms with van der Waals surface area (Å²) in [5, 5.41) is 11.9. The number of hydrogen-bond acceptors (Lipinski definition) is 4. The molecular formula is C16H15N3OS. The third-order valence-corrected chi connectivity index (χ3v) is 3.89. The van der Waals surface area contributed by atoms with Crippen molar-refractivity contribution in [3.05, 3.63) is 53.6 Å². The van der Waals surface area contributed by atoms with Crippen molar-refractivity contribution in [2.24, 2.45) is 5.73 Å². The van der Waals surface area contributed by atoms with Crippen molar-refractivity contribution in [2.45, 2.75) is 23.3 Å². The van der Waals surface area contributed by atoms with Crippen LogP contribution in [0.3, 0.4) is 0 Å². The molecule has 0 aromatic heterocycles. The molecule has 0 fully saturated rings. The highest BCUT2D eigenvalue weighted by molar-refractivity contribution is 7.99. The third-order valence-electron chi connectivity index (χ3n) is 2.80. The van der Waals surface area contributed by atoms with Crippen LogP contribution in [0.2, 0.25) is 0 Å². The second-order valence-electron chi connectivity index (χ2n) is 4.45. The van der Waals surface area contributed by atoms with Crippen molar-refractivity contribution in [2.75, 3.05) is 5.32 Å². The Kier molecular flexibility index (Phi) is 4.99. The highest BCUT2D eigenvalue weighted by Gasteiger charge is 2.06. The van der Waals surface area contributed by atoms with Crippen molar-refractivity contribution >= 4 is 23.4 Å². The first kappa shape index (κ1) is 15.1. The smallest absolute Gasteiger partial charge is 0.221 e. The summed E-state index contributed by atoms with van der Waals surface area (Å²) in [7, 11) is 0. The molecule has 21 heavy (non-hydrogen) atoms. The van der Waals surface area contributed by atoms with Gasteiger partial charge in [0.1, 0.15) is 6.07 Å². The van der Waals surface area contributed by atoms with Crippen molar-refractivity contribution in [1.82, 2.24) is 0 Å². The molecule has 0 spiro atoms. The van der Waals surface area contributed by atoms with E-state index in [1.54, 1.807) is 0 Å². The van der Waals surface area contributed by atoms with Gasteiger partial charge in [0, 0.05) is 28.9 Å². The van der Waals surface area contributed by atoms with Crippen LogP contribution in [-0.2, 0) is 11.3 Å². The van der Waals surface area contributed by atoms with E-state index in [9.17, 15) is 10.1 Å². The SMILES string of the molecule is CC(=O)Nc1ccc(Sc2ccc(CN)cc2C#N)cc1. The largest absolute Gasteiger partial charge is 0.326 e. The maximum Gasteiger partial charge on any atom is 0.221 e. The summed E-state index contributed by atoms with van der Waals surface area (Å²) in [5.41, 5.74) is 7.90. The van der Waals surface area contributed by atoms with E-state index < -0.39 is 0 Å². The summed E-state index contributed by atoms with van der Waals surface area (Å²) < 4.78 is 0. The molecule has 0 atom stereocenters. The Morgan fingerprint density at radius 1 is 1.29 bits per heavy atom. The summed E-state index contributed by atoms with van der Waals surface area (Å²) in [6.45, 7) is 1.89. The predicted octanol–water partition coefficient (Wildman–Crippen LogP) is 3.13. The Morgan fingerprint density at radius 2 is 2.00 bits per heavy atom. The van der Waals surface area contributed by atoms with E-state index in [2.05, 4.69) is 11.4 Å². The third kappa shape index (κ3) is 4.09. The number of benzene rings is 2. The number of nitriles is 1. The van der Waals surface area contributed by atoms with Crippen LogP contribution in [0.15, 0.2) is 52.3 Å². The van der Waals surface area contributed by atoms with Gasteiger partial charge in [0.05, 0.1) is 5.56 Å². The lowest BCUT2D eigenvalue weighted by Gasteiger charge is -2.07. The highest BCUT2D eigenvalue weighted by Crippen LogP contribution is 2.31. The molecule has 2 aromatic carbocycles. The van der Waals surface area contributed by atoms with Crippen LogP contribution < -0.4 is 11.1 Å². The van der Waals surface area contributed by atoms with Crippen molar-refractivity contribution in [3.8, 4) is 6.07 Å². The summed E-state index contributed by atoms with van der Waals surface area (Å²) in [4.78, 5) is 12.9. The number of anilines is 1. The lowest BCUT2D eigenvalue weighted by molar-refractivity contribution is -0.114. The number of hydrogen-bond donors (Lipinski definition) is 2. The Hall–Kier alpha value is -2.29. The molecular weight excluding hydrogens is 282 g/mol. The predicted molar refractivity (Wildman–Crippen MR) is 83.9 cm³/mol. The second kappa shape index (κ2) is 6.93. The average molecular weight is 297 g/mol. The van der Waals surface area contributed by atoms with Crippen LogP contribution >= 0.6 is 11.8 Å². The van der Waals surface area contributed by atoms with E-state index >= 15 is 0 Å². The minimum absolute atomic E-state index is 0.0976. The minimum Gasteiger partial charge on any atom is -0.326 e. The fraction of sp³-hybridized carbons (Fsp3) is 0.125. The standard InChI is InChI=1S/C16H15N3OS/c1-11(20)19-14-3-5-15(6-4-14)21-16-7-2-12(9-17)8-13(16)10-18/h2-8H,9,17H2,1H3,(H,19,20). The molecule has 0 aliphatic rings. The summed E-state index contributed by atoms with van der Waals surface area (Å²) in [6, 6.07) is 15.3. The van der Waals surface area contributed by atoms with Gasteiger partial charge in [-0.3, -0.25) is 4.79 Å². The fourth-order valence-corrected chi connectivity index (χ4v) is 2.69. The molecule has 0 heterocycles. The van der Waals surface area contributed by atoms with Gasteiger partial charge in [0.25, 0.3) is 0 Å². The zero-order valence-electron chi connectivity index (χ0n) is 11.6. The van der Waals surface area contributed by atoms with Gasteiger partial charge in [-0.2, -0.15) is 5.26 Å². The van der Waals surface area contributed by atoms with Crippen LogP contribution in [0.1, 0.15) is 18.1 Å². The lowest BCUT2D eigenvalue weighted by atomic mass is 10.1. The first-order chi connectivity index (χ1) is 10.1. The van der Waals surface area contributed by atoms with Gasteiger partial charge in [0.2, 0.25) is 5.91 Å². The molecule has 0 saturated heterocycles. The van der Waals surface area contributed by atoms with E-state index in [0.29, 0.717) is 12.1 Å². The molecule has 2 rings (SSSR count). The number of nitrogens with one attached hydrogen (secondary N) is 1. The van der Waals surface area contributed by atoms with Gasteiger partial charge in [-0.15, -0.1) is 0 Å². The summed E-state index contributed by atoms with van der Waals surface area (Å²) >= 11 is 1.51. The molecule has 4 nitrogen and oxygen atoms in total. The number of amides is 1. The zero-order valence-corrected chi connectivity index (χ0v) is 12.4.